The molecule has 0 bridgehead atoms. The summed E-state index contributed by atoms with van der Waals surface area (Å²) in [6, 6.07) is 0. The lowest BCUT2D eigenvalue weighted by atomic mass is 9.99. The van der Waals surface area contributed by atoms with Crippen molar-refractivity contribution < 1.29 is 49.0 Å². The van der Waals surface area contributed by atoms with E-state index in [1.54, 1.807) is 6.92 Å². The molecule has 1 aliphatic rings. The predicted molar refractivity (Wildman–Crippen MR) is 192 cm³/mol. The number of rotatable bonds is 33. The molecule has 4 N–H and O–H groups in total. The molecule has 0 aliphatic carbocycles. The van der Waals surface area contributed by atoms with Crippen molar-refractivity contribution in [2.45, 2.75) is 218 Å². The Morgan fingerprint density at radius 2 is 1.00 bits per heavy atom. The summed E-state index contributed by atoms with van der Waals surface area (Å²) in [6.07, 6.45) is 23.8. The SMILES string of the molecule is CCCCCCCCCCCCCCCCCCCCCCCCCCC(=O)OC(COC(=O)CC)COC1OC(CO)C(O)C(O)C1O. The first kappa shape index (κ1) is 45.7. The third-order valence-corrected chi connectivity index (χ3v) is 9.55. The molecule has 1 heterocycles. The van der Waals surface area contributed by atoms with Crippen LogP contribution in [-0.4, -0.2) is 89.0 Å². The van der Waals surface area contributed by atoms with Crippen LogP contribution in [0.15, 0.2) is 0 Å². The second-order valence-corrected chi connectivity index (χ2v) is 14.1. The number of hydrogen-bond donors (Lipinski definition) is 4. The third kappa shape index (κ3) is 23.7. The lowest BCUT2D eigenvalue weighted by molar-refractivity contribution is -0.305. The van der Waals surface area contributed by atoms with Gasteiger partial charge in [-0.05, 0) is 6.42 Å². The van der Waals surface area contributed by atoms with Crippen LogP contribution in [0.5, 0.6) is 0 Å². The van der Waals surface area contributed by atoms with Gasteiger partial charge in [0.25, 0.3) is 0 Å². The van der Waals surface area contributed by atoms with Gasteiger partial charge < -0.3 is 39.4 Å². The van der Waals surface area contributed by atoms with Gasteiger partial charge in [0.2, 0.25) is 0 Å². The fourth-order valence-corrected chi connectivity index (χ4v) is 6.29. The minimum Gasteiger partial charge on any atom is -0.462 e. The van der Waals surface area contributed by atoms with Crippen molar-refractivity contribution in [3.63, 3.8) is 0 Å². The summed E-state index contributed by atoms with van der Waals surface area (Å²) in [5, 5.41) is 39.5. The molecule has 10 nitrogen and oxygen atoms in total. The second-order valence-electron chi connectivity index (χ2n) is 14.1. The zero-order chi connectivity index (χ0) is 36.0. The number of esters is 2. The smallest absolute Gasteiger partial charge is 0.306 e. The molecule has 0 amide bonds. The molecule has 6 unspecified atom stereocenters. The molecule has 1 rings (SSSR count). The molecule has 1 saturated heterocycles. The summed E-state index contributed by atoms with van der Waals surface area (Å²) in [4.78, 5) is 24.1. The van der Waals surface area contributed by atoms with Crippen LogP contribution < -0.4 is 0 Å². The topological polar surface area (TPSA) is 152 Å². The Hall–Kier alpha value is -1.30. The van der Waals surface area contributed by atoms with Gasteiger partial charge in [-0.1, -0.05) is 162 Å². The summed E-state index contributed by atoms with van der Waals surface area (Å²) < 4.78 is 21.5. The molecule has 0 radical (unpaired) electrons. The van der Waals surface area contributed by atoms with E-state index in [1.165, 1.54) is 128 Å². The van der Waals surface area contributed by atoms with Crippen LogP contribution in [0.1, 0.15) is 181 Å². The fourth-order valence-electron chi connectivity index (χ4n) is 6.29. The molecule has 1 fully saturated rings. The van der Waals surface area contributed by atoms with Crippen LogP contribution >= 0.6 is 0 Å². The summed E-state index contributed by atoms with van der Waals surface area (Å²) in [5.74, 6) is -0.896. The molecule has 290 valence electrons. The van der Waals surface area contributed by atoms with E-state index in [2.05, 4.69) is 6.92 Å². The van der Waals surface area contributed by atoms with Crippen molar-refractivity contribution in [3.05, 3.63) is 0 Å². The monoisotopic (exact) mass is 703 g/mol. The first-order chi connectivity index (χ1) is 23.8. The molecule has 0 aromatic heterocycles. The standard InChI is InChI=1S/C39H74O10/c1-3-5-6-7-8-9-10-11-12-13-14-15-16-17-18-19-20-21-22-23-24-25-26-27-28-35(42)48-32(30-46-34(41)4-2)31-47-39-38(45)37(44)36(43)33(29-40)49-39/h32-33,36-40,43-45H,3-31H2,1-2H3. The van der Waals surface area contributed by atoms with Gasteiger partial charge in [-0.2, -0.15) is 0 Å². The highest BCUT2D eigenvalue weighted by Crippen LogP contribution is 2.22. The molecule has 10 heteroatoms. The predicted octanol–water partition coefficient (Wildman–Crippen LogP) is 7.44. The van der Waals surface area contributed by atoms with Crippen molar-refractivity contribution in [3.8, 4) is 0 Å². The number of carbonyl (C=O) groups excluding carboxylic acids is 2. The Kier molecular flexibility index (Phi) is 29.3. The lowest BCUT2D eigenvalue weighted by Gasteiger charge is -2.39. The number of unbranched alkanes of at least 4 members (excludes halogenated alkanes) is 23. The molecule has 0 spiro atoms. The maximum atomic E-state index is 12.5. The van der Waals surface area contributed by atoms with Gasteiger partial charge in [0.05, 0.1) is 13.2 Å². The van der Waals surface area contributed by atoms with Crippen LogP contribution in [0.25, 0.3) is 0 Å². The molecular weight excluding hydrogens is 628 g/mol. The molecule has 1 aliphatic heterocycles. The van der Waals surface area contributed by atoms with Crippen molar-refractivity contribution >= 4 is 11.9 Å². The summed E-state index contributed by atoms with van der Waals surface area (Å²) in [5.41, 5.74) is 0. The van der Waals surface area contributed by atoms with Gasteiger partial charge >= 0.3 is 11.9 Å². The van der Waals surface area contributed by atoms with E-state index in [9.17, 15) is 30.0 Å². The van der Waals surface area contributed by atoms with Gasteiger partial charge in [-0.25, -0.2) is 0 Å². The van der Waals surface area contributed by atoms with E-state index >= 15 is 0 Å². The fraction of sp³-hybridized carbons (Fsp3) is 0.949. The zero-order valence-corrected chi connectivity index (χ0v) is 31.2. The van der Waals surface area contributed by atoms with Crippen molar-refractivity contribution in [2.75, 3.05) is 19.8 Å². The maximum Gasteiger partial charge on any atom is 0.306 e. The van der Waals surface area contributed by atoms with Gasteiger partial charge in [0.1, 0.15) is 31.0 Å². The molecule has 6 atom stereocenters. The first-order valence-electron chi connectivity index (χ1n) is 20.1. The Bertz CT molecular complexity index is 779. The molecule has 0 saturated carbocycles. The number of aliphatic hydroxyl groups is 4. The number of hydrogen-bond acceptors (Lipinski definition) is 10. The summed E-state index contributed by atoms with van der Waals surface area (Å²) in [6.45, 7) is 2.84. The van der Waals surface area contributed by atoms with Crippen LogP contribution in [0.2, 0.25) is 0 Å². The zero-order valence-electron chi connectivity index (χ0n) is 31.2. The van der Waals surface area contributed by atoms with Crippen LogP contribution in [0.4, 0.5) is 0 Å². The second kappa shape index (κ2) is 31.4. The Labute approximate surface area is 298 Å². The van der Waals surface area contributed by atoms with Crippen LogP contribution in [0, 0.1) is 0 Å². The van der Waals surface area contributed by atoms with Gasteiger partial charge in [-0.15, -0.1) is 0 Å². The summed E-state index contributed by atoms with van der Waals surface area (Å²) in [7, 11) is 0. The first-order valence-corrected chi connectivity index (χ1v) is 20.1. The number of aliphatic hydroxyl groups excluding tert-OH is 4. The van der Waals surface area contributed by atoms with E-state index in [4.69, 9.17) is 18.9 Å². The van der Waals surface area contributed by atoms with Crippen molar-refractivity contribution in [2.24, 2.45) is 0 Å². The van der Waals surface area contributed by atoms with Crippen LogP contribution in [-0.2, 0) is 28.5 Å². The highest BCUT2D eigenvalue weighted by Gasteiger charge is 2.44. The normalized spacial score (nSPS) is 21.5. The van der Waals surface area contributed by atoms with E-state index in [0.717, 1.165) is 19.3 Å². The third-order valence-electron chi connectivity index (χ3n) is 9.55. The molecule has 0 aromatic rings. The van der Waals surface area contributed by atoms with Gasteiger partial charge in [-0.3, -0.25) is 9.59 Å². The van der Waals surface area contributed by atoms with E-state index < -0.39 is 55.4 Å². The average Bonchev–Trinajstić information content (AvgIpc) is 3.10. The van der Waals surface area contributed by atoms with E-state index in [0.29, 0.717) is 6.42 Å². The van der Waals surface area contributed by atoms with Crippen LogP contribution in [0.3, 0.4) is 0 Å². The highest BCUT2D eigenvalue weighted by molar-refractivity contribution is 5.70. The van der Waals surface area contributed by atoms with Crippen molar-refractivity contribution in [1.29, 1.82) is 0 Å². The molecular formula is C39H74O10. The van der Waals surface area contributed by atoms with Crippen molar-refractivity contribution in [1.82, 2.24) is 0 Å². The largest absolute Gasteiger partial charge is 0.462 e. The minimum absolute atomic E-state index is 0.160. The molecule has 0 aromatic carbocycles. The minimum atomic E-state index is -1.58. The Morgan fingerprint density at radius 3 is 1.41 bits per heavy atom. The number of ether oxygens (including phenoxy) is 4. The van der Waals surface area contributed by atoms with Gasteiger partial charge in [0, 0.05) is 12.8 Å². The Morgan fingerprint density at radius 1 is 0.571 bits per heavy atom. The lowest BCUT2D eigenvalue weighted by Crippen LogP contribution is -2.59. The van der Waals surface area contributed by atoms with E-state index in [-0.39, 0.29) is 26.1 Å². The average molecular weight is 703 g/mol. The summed E-state index contributed by atoms with van der Waals surface area (Å²) >= 11 is 0. The Balaban J connectivity index is 2.02. The maximum absolute atomic E-state index is 12.5. The van der Waals surface area contributed by atoms with E-state index in [1.807, 2.05) is 0 Å². The molecule has 49 heavy (non-hydrogen) atoms. The number of carbonyl (C=O) groups is 2. The highest BCUT2D eigenvalue weighted by atomic mass is 16.7. The van der Waals surface area contributed by atoms with Gasteiger partial charge in [0.15, 0.2) is 12.4 Å². The quantitative estimate of drug-likeness (QED) is 0.0401.